The molecule has 0 saturated carbocycles. The molecule has 5 rings (SSSR count). The first kappa shape index (κ1) is 21.3. The zero-order valence-corrected chi connectivity index (χ0v) is 19.1. The fraction of sp³-hybridized carbons (Fsp3) is 0.360. The molecule has 2 atom stereocenters. The number of hydrogen-bond donors (Lipinski definition) is 2. The van der Waals surface area contributed by atoms with Crippen LogP contribution in [-0.2, 0) is 10.2 Å². The largest absolute Gasteiger partial charge is 0.494 e. The lowest BCUT2D eigenvalue weighted by molar-refractivity contribution is -0.120. The van der Waals surface area contributed by atoms with Crippen molar-refractivity contribution in [1.29, 1.82) is 0 Å². The van der Waals surface area contributed by atoms with Crippen molar-refractivity contribution in [3.8, 4) is 16.9 Å². The average molecular weight is 448 g/mol. The third-order valence-electron chi connectivity index (χ3n) is 6.76. The zero-order chi connectivity index (χ0) is 23.4. The van der Waals surface area contributed by atoms with Crippen LogP contribution in [0.2, 0.25) is 0 Å². The van der Waals surface area contributed by atoms with E-state index in [1.165, 1.54) is 19.5 Å². The van der Waals surface area contributed by atoms with Crippen LogP contribution in [0.5, 0.6) is 5.75 Å². The second-order valence-electron chi connectivity index (χ2n) is 9.27. The molecular formula is C25H26FN5O2. The Labute approximate surface area is 191 Å². The topological polar surface area (TPSA) is 88.0 Å². The maximum atomic E-state index is 14.8. The monoisotopic (exact) mass is 447 g/mol. The summed E-state index contributed by atoms with van der Waals surface area (Å²) in [6, 6.07) is 7.64. The van der Waals surface area contributed by atoms with Crippen molar-refractivity contribution in [2.75, 3.05) is 7.11 Å². The fourth-order valence-electron chi connectivity index (χ4n) is 5.40. The molecule has 1 unspecified atom stereocenters. The van der Waals surface area contributed by atoms with Gasteiger partial charge in [-0.1, -0.05) is 25.1 Å². The van der Waals surface area contributed by atoms with E-state index < -0.39 is 11.2 Å². The number of benzene rings is 1. The van der Waals surface area contributed by atoms with Crippen LogP contribution in [0.25, 0.3) is 11.1 Å². The molecule has 0 fully saturated rings. The number of carbonyl (C=O) groups is 1. The predicted molar refractivity (Wildman–Crippen MR) is 122 cm³/mol. The minimum absolute atomic E-state index is 0.111. The standard InChI is InChI=1S/C25H26FN5O2/c1-5-25(15-8-6-7-14(9-15)20-17(26)12-27-13-19(20)33-4)16-11-28-31-22(16)29-18-10-24(2,3)30-23(32)21(18)25/h6-9,11-13,22,29H,5,10H2,1-4H3,(H,30,32)/t22?,25-/m1/s1. The number of methoxy groups -OCH3 is 1. The van der Waals surface area contributed by atoms with Gasteiger partial charge in [0.25, 0.3) is 5.91 Å². The summed E-state index contributed by atoms with van der Waals surface area (Å²) >= 11 is 0. The Morgan fingerprint density at radius 1 is 1.27 bits per heavy atom. The van der Waals surface area contributed by atoms with Gasteiger partial charge in [0.15, 0.2) is 12.0 Å². The van der Waals surface area contributed by atoms with Crippen LogP contribution in [0, 0.1) is 5.82 Å². The van der Waals surface area contributed by atoms with E-state index in [2.05, 4.69) is 32.8 Å². The van der Waals surface area contributed by atoms with Gasteiger partial charge in [-0.15, -0.1) is 0 Å². The number of amides is 1. The van der Waals surface area contributed by atoms with Gasteiger partial charge in [-0.25, -0.2) is 4.39 Å². The Hall–Kier alpha value is -3.55. The van der Waals surface area contributed by atoms with Crippen LogP contribution in [0.15, 0.2) is 69.9 Å². The minimum atomic E-state index is -0.748. The first-order valence-corrected chi connectivity index (χ1v) is 11.0. The van der Waals surface area contributed by atoms with Gasteiger partial charge < -0.3 is 15.4 Å². The number of pyridine rings is 1. The Morgan fingerprint density at radius 2 is 2.09 bits per heavy atom. The SMILES string of the molecule is CC[C@@]1(c2cccc(-c3c(F)cncc3OC)c2)C2=CN=NC2NC2=C1C(=O)NC(C)(C)C2. The number of nitrogens with zero attached hydrogens (tertiary/aromatic N) is 3. The molecule has 2 N–H and O–H groups in total. The lowest BCUT2D eigenvalue weighted by atomic mass is 9.62. The number of hydrogen-bond acceptors (Lipinski definition) is 6. The Balaban J connectivity index is 1.75. The molecule has 4 heterocycles. The zero-order valence-electron chi connectivity index (χ0n) is 19.1. The molecule has 170 valence electrons. The maximum Gasteiger partial charge on any atom is 0.250 e. The molecule has 0 spiro atoms. The normalized spacial score (nSPS) is 25.1. The second kappa shape index (κ2) is 7.50. The first-order valence-electron chi connectivity index (χ1n) is 11.0. The number of ether oxygens (including phenoxy) is 1. The summed E-state index contributed by atoms with van der Waals surface area (Å²) in [7, 11) is 1.49. The Morgan fingerprint density at radius 3 is 2.85 bits per heavy atom. The highest BCUT2D eigenvalue weighted by Crippen LogP contribution is 2.51. The third-order valence-corrected chi connectivity index (χ3v) is 6.76. The van der Waals surface area contributed by atoms with Crippen molar-refractivity contribution in [2.45, 2.75) is 50.7 Å². The van der Waals surface area contributed by atoms with Gasteiger partial charge in [0.2, 0.25) is 0 Å². The van der Waals surface area contributed by atoms with E-state index in [-0.39, 0.29) is 17.6 Å². The molecule has 2 aromatic rings. The lowest BCUT2D eigenvalue weighted by Gasteiger charge is -2.48. The molecule has 3 aliphatic heterocycles. The van der Waals surface area contributed by atoms with Gasteiger partial charge in [0.05, 0.1) is 42.3 Å². The van der Waals surface area contributed by atoms with E-state index in [1.807, 2.05) is 38.1 Å². The molecule has 7 nitrogen and oxygen atoms in total. The molecule has 33 heavy (non-hydrogen) atoms. The molecule has 8 heteroatoms. The van der Waals surface area contributed by atoms with E-state index in [1.54, 1.807) is 6.20 Å². The highest BCUT2D eigenvalue weighted by atomic mass is 19.1. The smallest absolute Gasteiger partial charge is 0.250 e. The molecule has 0 aliphatic carbocycles. The number of azo groups is 1. The van der Waals surface area contributed by atoms with E-state index in [9.17, 15) is 9.18 Å². The predicted octanol–water partition coefficient (Wildman–Crippen LogP) is 4.38. The van der Waals surface area contributed by atoms with Crippen molar-refractivity contribution in [3.05, 3.63) is 71.1 Å². The van der Waals surface area contributed by atoms with Crippen LogP contribution >= 0.6 is 0 Å². The van der Waals surface area contributed by atoms with E-state index in [0.717, 1.165) is 16.8 Å². The first-order chi connectivity index (χ1) is 15.8. The van der Waals surface area contributed by atoms with Gasteiger partial charge in [0, 0.05) is 23.2 Å². The lowest BCUT2D eigenvalue weighted by Crippen LogP contribution is -2.58. The number of carbonyl (C=O) groups excluding carboxylic acids is 1. The van der Waals surface area contributed by atoms with Crippen LogP contribution in [-0.4, -0.2) is 29.7 Å². The molecule has 0 saturated heterocycles. The van der Waals surface area contributed by atoms with Gasteiger partial charge in [-0.3, -0.25) is 9.78 Å². The molecule has 3 aliphatic rings. The van der Waals surface area contributed by atoms with E-state index in [4.69, 9.17) is 4.74 Å². The summed E-state index contributed by atoms with van der Waals surface area (Å²) in [6.07, 6.45) is 5.36. The van der Waals surface area contributed by atoms with Crippen molar-refractivity contribution >= 4 is 5.91 Å². The number of nitrogens with one attached hydrogen (secondary N) is 2. The van der Waals surface area contributed by atoms with Crippen molar-refractivity contribution < 1.29 is 13.9 Å². The molecule has 0 radical (unpaired) electrons. The summed E-state index contributed by atoms with van der Waals surface area (Å²) in [5.74, 6) is -0.231. The van der Waals surface area contributed by atoms with Crippen LogP contribution in [0.1, 0.15) is 39.2 Å². The van der Waals surface area contributed by atoms with E-state index >= 15 is 0 Å². The molecule has 1 aromatic carbocycles. The fourth-order valence-corrected chi connectivity index (χ4v) is 5.40. The van der Waals surface area contributed by atoms with Crippen LogP contribution in [0.3, 0.4) is 0 Å². The summed E-state index contributed by atoms with van der Waals surface area (Å²) in [5, 5.41) is 15.2. The highest BCUT2D eigenvalue weighted by Gasteiger charge is 2.53. The number of fused-ring (bicyclic) bond motifs is 1. The highest BCUT2D eigenvalue weighted by molar-refractivity contribution is 6.00. The molecule has 0 bridgehead atoms. The van der Waals surface area contributed by atoms with Gasteiger partial charge in [-0.05, 0) is 37.5 Å². The van der Waals surface area contributed by atoms with Gasteiger partial charge in [-0.2, -0.15) is 10.2 Å². The molecule has 1 aromatic heterocycles. The third kappa shape index (κ3) is 3.15. The van der Waals surface area contributed by atoms with Gasteiger partial charge in [0.1, 0.15) is 5.75 Å². The van der Waals surface area contributed by atoms with Crippen LogP contribution < -0.4 is 15.4 Å². The summed E-state index contributed by atoms with van der Waals surface area (Å²) in [6.45, 7) is 6.06. The van der Waals surface area contributed by atoms with Crippen LogP contribution in [0.4, 0.5) is 4.39 Å². The maximum absolute atomic E-state index is 14.8. The number of rotatable bonds is 4. The number of aromatic nitrogens is 1. The Bertz CT molecular complexity index is 1250. The van der Waals surface area contributed by atoms with E-state index in [0.29, 0.717) is 35.3 Å². The summed E-state index contributed by atoms with van der Waals surface area (Å²) in [5.41, 5.74) is 3.22. The Kier molecular flexibility index (Phi) is 4.84. The summed E-state index contributed by atoms with van der Waals surface area (Å²) < 4.78 is 20.2. The van der Waals surface area contributed by atoms with Gasteiger partial charge >= 0.3 is 0 Å². The van der Waals surface area contributed by atoms with Crippen molar-refractivity contribution in [3.63, 3.8) is 0 Å². The molecule has 1 amide bonds. The average Bonchev–Trinajstić information content (AvgIpc) is 3.25. The quantitative estimate of drug-likeness (QED) is 0.728. The molecular weight excluding hydrogens is 421 g/mol. The second-order valence-corrected chi connectivity index (χ2v) is 9.27. The van der Waals surface area contributed by atoms with Crippen molar-refractivity contribution in [1.82, 2.24) is 15.6 Å². The minimum Gasteiger partial charge on any atom is -0.494 e. The van der Waals surface area contributed by atoms with Crippen molar-refractivity contribution in [2.24, 2.45) is 10.2 Å². The number of halogens is 1. The summed E-state index contributed by atoms with van der Waals surface area (Å²) in [4.78, 5) is 17.4.